The normalized spacial score (nSPS) is 13.4. The van der Waals surface area contributed by atoms with Gasteiger partial charge in [0.2, 0.25) is 0 Å². The van der Waals surface area contributed by atoms with E-state index >= 15 is 0 Å². The van der Waals surface area contributed by atoms with Crippen LogP contribution in [-0.4, -0.2) is 10.9 Å². The van der Waals surface area contributed by atoms with E-state index in [2.05, 4.69) is 30.2 Å². The van der Waals surface area contributed by atoms with E-state index in [4.69, 9.17) is 0 Å². The molecule has 0 fully saturated rings. The Bertz CT molecular complexity index is 1080. The van der Waals surface area contributed by atoms with Crippen molar-refractivity contribution in [1.29, 1.82) is 5.26 Å². The molecule has 1 aliphatic rings. The minimum Gasteiger partial charge on any atom is -0.312 e. The Kier molecular flexibility index (Phi) is 4.67. The van der Waals surface area contributed by atoms with E-state index in [0.717, 1.165) is 47.8 Å². The molecule has 0 bridgehead atoms. The van der Waals surface area contributed by atoms with Gasteiger partial charge in [-0.15, -0.1) is 11.3 Å². The lowest BCUT2D eigenvalue weighted by Crippen LogP contribution is -2.14. The fourth-order valence-corrected chi connectivity index (χ4v) is 4.86. The predicted octanol–water partition coefficient (Wildman–Crippen LogP) is 5.42. The lowest BCUT2D eigenvalue weighted by atomic mass is 9.96. The second kappa shape index (κ2) is 7.13. The molecule has 0 saturated heterocycles. The van der Waals surface area contributed by atoms with Crippen LogP contribution < -0.4 is 5.32 Å². The van der Waals surface area contributed by atoms with Gasteiger partial charge in [-0.1, -0.05) is 32.0 Å². The molecule has 0 aliphatic heterocycles. The molecule has 0 radical (unpaired) electrons. The molecule has 5 heteroatoms. The third-order valence-electron chi connectivity index (χ3n) is 5.08. The molecule has 1 aromatic carbocycles. The van der Waals surface area contributed by atoms with Crippen molar-refractivity contribution in [2.45, 2.75) is 45.4 Å². The number of benzene rings is 1. The van der Waals surface area contributed by atoms with E-state index < -0.39 is 0 Å². The van der Waals surface area contributed by atoms with Gasteiger partial charge in [0.25, 0.3) is 5.91 Å². The summed E-state index contributed by atoms with van der Waals surface area (Å²) in [5.74, 6) is 0.0514. The summed E-state index contributed by atoms with van der Waals surface area (Å²) >= 11 is 1.56. The van der Waals surface area contributed by atoms with Gasteiger partial charge in [0.05, 0.1) is 16.6 Å². The Morgan fingerprint density at radius 1 is 1.26 bits per heavy atom. The summed E-state index contributed by atoms with van der Waals surface area (Å²) in [7, 11) is 0. The molecule has 0 spiro atoms. The zero-order valence-electron chi connectivity index (χ0n) is 15.5. The highest BCUT2D eigenvalue weighted by Gasteiger charge is 2.23. The molecule has 4 nitrogen and oxygen atoms in total. The van der Waals surface area contributed by atoms with Crippen molar-refractivity contribution in [3.05, 3.63) is 57.6 Å². The predicted molar refractivity (Wildman–Crippen MR) is 109 cm³/mol. The van der Waals surface area contributed by atoms with Crippen molar-refractivity contribution in [2.75, 3.05) is 5.32 Å². The Hall–Kier alpha value is -2.71. The minimum atomic E-state index is -0.175. The first-order valence-corrected chi connectivity index (χ1v) is 10.2. The van der Waals surface area contributed by atoms with Crippen LogP contribution in [0.4, 0.5) is 5.00 Å². The number of fused-ring (bicyclic) bond motifs is 2. The van der Waals surface area contributed by atoms with Crippen LogP contribution in [-0.2, 0) is 12.8 Å². The van der Waals surface area contributed by atoms with Crippen LogP contribution >= 0.6 is 11.3 Å². The number of aromatic nitrogens is 1. The molecule has 0 saturated carbocycles. The van der Waals surface area contributed by atoms with Crippen molar-refractivity contribution in [3.8, 4) is 6.07 Å². The van der Waals surface area contributed by atoms with Gasteiger partial charge in [0.1, 0.15) is 11.1 Å². The quantitative estimate of drug-likeness (QED) is 0.664. The van der Waals surface area contributed by atoms with Gasteiger partial charge in [-0.25, -0.2) is 0 Å². The second-order valence-corrected chi connectivity index (χ2v) is 8.35. The summed E-state index contributed by atoms with van der Waals surface area (Å²) < 4.78 is 0. The number of carbonyl (C=O) groups is 1. The SMILES string of the molecule is CC(C)c1cc(C(=O)Nc2sc3c(c2C#N)CCCC3)c2ccccc2n1. The fraction of sp³-hybridized carbons (Fsp3) is 0.318. The van der Waals surface area contributed by atoms with Crippen LogP contribution in [0.3, 0.4) is 0 Å². The van der Waals surface area contributed by atoms with Crippen LogP contribution in [0.25, 0.3) is 10.9 Å². The van der Waals surface area contributed by atoms with Crippen LogP contribution in [0.5, 0.6) is 0 Å². The number of para-hydroxylation sites is 1. The molecule has 136 valence electrons. The zero-order valence-corrected chi connectivity index (χ0v) is 16.3. The van der Waals surface area contributed by atoms with E-state index in [1.54, 1.807) is 11.3 Å². The Morgan fingerprint density at radius 3 is 2.81 bits per heavy atom. The highest BCUT2D eigenvalue weighted by Crippen LogP contribution is 2.38. The van der Waals surface area contributed by atoms with Gasteiger partial charge in [0, 0.05) is 16.0 Å². The molecule has 4 rings (SSSR count). The monoisotopic (exact) mass is 375 g/mol. The molecular formula is C22H21N3OS. The van der Waals surface area contributed by atoms with Crippen LogP contribution in [0.2, 0.25) is 0 Å². The number of nitriles is 1. The molecule has 1 amide bonds. The van der Waals surface area contributed by atoms with Crippen LogP contribution in [0.15, 0.2) is 30.3 Å². The molecule has 1 aliphatic carbocycles. The molecular weight excluding hydrogens is 354 g/mol. The maximum atomic E-state index is 13.1. The first-order valence-electron chi connectivity index (χ1n) is 9.34. The number of amides is 1. The largest absolute Gasteiger partial charge is 0.312 e. The third-order valence-corrected chi connectivity index (χ3v) is 6.29. The summed E-state index contributed by atoms with van der Waals surface area (Å²) in [6.07, 6.45) is 4.19. The molecule has 0 unspecified atom stereocenters. The van der Waals surface area contributed by atoms with Gasteiger partial charge < -0.3 is 5.32 Å². The number of aryl methyl sites for hydroxylation is 1. The number of carbonyl (C=O) groups excluding carboxylic acids is 1. The number of nitrogens with one attached hydrogen (secondary N) is 1. The summed E-state index contributed by atoms with van der Waals surface area (Å²) in [5.41, 5.74) is 4.10. The van der Waals surface area contributed by atoms with Gasteiger partial charge >= 0.3 is 0 Å². The lowest BCUT2D eigenvalue weighted by molar-refractivity contribution is 0.102. The first kappa shape index (κ1) is 17.7. The van der Waals surface area contributed by atoms with E-state index in [9.17, 15) is 10.1 Å². The van der Waals surface area contributed by atoms with Crippen LogP contribution in [0.1, 0.15) is 64.7 Å². The van der Waals surface area contributed by atoms with E-state index in [-0.39, 0.29) is 11.8 Å². The number of pyridine rings is 1. The van der Waals surface area contributed by atoms with E-state index in [1.807, 2.05) is 30.3 Å². The number of hydrogen-bond donors (Lipinski definition) is 1. The van der Waals surface area contributed by atoms with Crippen molar-refractivity contribution in [3.63, 3.8) is 0 Å². The van der Waals surface area contributed by atoms with Gasteiger partial charge in [-0.05, 0) is 49.3 Å². The minimum absolute atomic E-state index is 0.175. The summed E-state index contributed by atoms with van der Waals surface area (Å²) in [4.78, 5) is 19.1. The van der Waals surface area contributed by atoms with E-state index in [0.29, 0.717) is 16.1 Å². The Labute approximate surface area is 162 Å². The third kappa shape index (κ3) is 3.22. The molecule has 2 aromatic heterocycles. The number of hydrogen-bond acceptors (Lipinski definition) is 4. The molecule has 1 N–H and O–H groups in total. The summed E-state index contributed by atoms with van der Waals surface area (Å²) in [5, 5.41) is 14.2. The molecule has 27 heavy (non-hydrogen) atoms. The highest BCUT2D eigenvalue weighted by molar-refractivity contribution is 7.16. The van der Waals surface area contributed by atoms with Gasteiger partial charge in [0.15, 0.2) is 0 Å². The maximum Gasteiger partial charge on any atom is 0.257 e. The number of rotatable bonds is 3. The smallest absolute Gasteiger partial charge is 0.257 e. The summed E-state index contributed by atoms with van der Waals surface area (Å²) in [6.45, 7) is 4.14. The summed E-state index contributed by atoms with van der Waals surface area (Å²) in [6, 6.07) is 11.9. The average molecular weight is 375 g/mol. The standard InChI is InChI=1S/C22H21N3OS/c1-13(2)19-11-16(14-7-3-5-9-18(14)24-19)21(26)25-22-17(12-23)15-8-4-6-10-20(15)27-22/h3,5,7,9,11,13H,4,6,8,10H2,1-2H3,(H,25,26). The van der Waals surface area contributed by atoms with Crippen molar-refractivity contribution in [2.24, 2.45) is 0 Å². The number of nitrogens with zero attached hydrogens (tertiary/aromatic N) is 2. The molecule has 3 aromatic rings. The van der Waals surface area contributed by atoms with Crippen molar-refractivity contribution < 1.29 is 4.79 Å². The maximum absolute atomic E-state index is 13.1. The van der Waals surface area contributed by atoms with E-state index in [1.165, 1.54) is 4.88 Å². The highest BCUT2D eigenvalue weighted by atomic mass is 32.1. The lowest BCUT2D eigenvalue weighted by Gasteiger charge is -2.12. The van der Waals surface area contributed by atoms with Crippen molar-refractivity contribution in [1.82, 2.24) is 4.98 Å². The topological polar surface area (TPSA) is 65.8 Å². The number of anilines is 1. The van der Waals surface area contributed by atoms with Gasteiger partial charge in [-0.3, -0.25) is 9.78 Å². The van der Waals surface area contributed by atoms with Crippen LogP contribution in [0, 0.1) is 11.3 Å². The Morgan fingerprint density at radius 2 is 2.04 bits per heavy atom. The first-order chi connectivity index (χ1) is 13.1. The van der Waals surface area contributed by atoms with Crippen molar-refractivity contribution >= 4 is 33.1 Å². The molecule has 0 atom stereocenters. The average Bonchev–Trinajstić information content (AvgIpc) is 3.03. The second-order valence-electron chi connectivity index (χ2n) is 7.25. The zero-order chi connectivity index (χ0) is 19.0. The molecule has 2 heterocycles. The Balaban J connectivity index is 1.76. The number of thiophene rings is 1. The fourth-order valence-electron chi connectivity index (χ4n) is 3.62. The van der Waals surface area contributed by atoms with Gasteiger partial charge in [-0.2, -0.15) is 5.26 Å².